The number of esters is 2. The molecular weight excluding hydrogens is 279 g/mol. The van der Waals surface area contributed by atoms with Crippen LogP contribution < -0.4 is 0 Å². The van der Waals surface area contributed by atoms with Gasteiger partial charge >= 0.3 is 11.9 Å². The highest BCUT2D eigenvalue weighted by molar-refractivity contribution is 5.69. The smallest absolute Gasteiger partial charge is 0.308 e. The number of hydrogen-bond acceptors (Lipinski definition) is 5. The highest BCUT2D eigenvalue weighted by Crippen LogP contribution is 2.33. The molecule has 0 N–H and O–H groups in total. The van der Waals surface area contributed by atoms with E-state index in [0.29, 0.717) is 12.8 Å². The van der Waals surface area contributed by atoms with Gasteiger partial charge in [-0.3, -0.25) is 9.59 Å². The molecule has 5 atom stereocenters. The molecule has 0 aromatic heterocycles. The Hall–Kier alpha value is -1.17. The molecule has 124 valence electrons. The normalized spacial score (nSPS) is 32.0. The van der Waals surface area contributed by atoms with Crippen molar-refractivity contribution >= 4 is 11.9 Å². The molecule has 3 unspecified atom stereocenters. The van der Waals surface area contributed by atoms with Crippen LogP contribution in [0.3, 0.4) is 0 Å². The lowest BCUT2D eigenvalue weighted by atomic mass is 9.86. The van der Waals surface area contributed by atoms with Crippen molar-refractivity contribution in [2.75, 3.05) is 6.61 Å². The van der Waals surface area contributed by atoms with Crippen LogP contribution >= 0.6 is 0 Å². The van der Waals surface area contributed by atoms with Crippen molar-refractivity contribution in [3.05, 3.63) is 0 Å². The molecule has 0 aromatic rings. The fourth-order valence-electron chi connectivity index (χ4n) is 2.11. The summed E-state index contributed by atoms with van der Waals surface area (Å²) in [4.78, 5) is 22.3. The lowest BCUT2D eigenvalue weighted by molar-refractivity contribution is -0.252. The van der Waals surface area contributed by atoms with E-state index in [1.165, 1.54) is 6.92 Å². The molecule has 0 amide bonds. The van der Waals surface area contributed by atoms with Crippen molar-refractivity contribution in [3.63, 3.8) is 0 Å². The lowest BCUT2D eigenvalue weighted by Crippen LogP contribution is -2.50. The Morgan fingerprint density at radius 2 is 1.86 bits per heavy atom. The van der Waals surface area contributed by atoms with Gasteiger partial charge in [-0.25, -0.2) is 4.39 Å². The molecule has 1 heterocycles. The Kier molecular flexibility index (Phi) is 8.47. The van der Waals surface area contributed by atoms with Gasteiger partial charge in [-0.1, -0.05) is 28.2 Å². The zero-order chi connectivity index (χ0) is 15.3. The van der Waals surface area contributed by atoms with Crippen LogP contribution in [0.1, 0.15) is 48.0 Å². The average Bonchev–Trinajstić information content (AvgIpc) is 2.38. The predicted octanol–water partition coefficient (Wildman–Crippen LogP) is 2.86. The molecule has 1 fully saturated rings. The molecule has 5 nitrogen and oxygen atoms in total. The van der Waals surface area contributed by atoms with Gasteiger partial charge in [0.15, 0.2) is 0 Å². The van der Waals surface area contributed by atoms with Crippen molar-refractivity contribution in [1.29, 1.82) is 0 Å². The number of carbonyl (C=O) groups is 2. The monoisotopic (exact) mass is 306 g/mol. The molecule has 1 saturated heterocycles. The van der Waals surface area contributed by atoms with E-state index in [1.54, 1.807) is 13.8 Å². The molecule has 0 saturated carbocycles. The average molecular weight is 306 g/mol. The van der Waals surface area contributed by atoms with Gasteiger partial charge in [0.25, 0.3) is 0 Å². The minimum Gasteiger partial charge on any atom is -0.463 e. The van der Waals surface area contributed by atoms with Gasteiger partial charge in [0.05, 0.1) is 0 Å². The number of alkyl halides is 1. The Labute approximate surface area is 126 Å². The second kappa shape index (κ2) is 8.97. The van der Waals surface area contributed by atoms with Crippen LogP contribution in [0, 0.1) is 11.8 Å². The summed E-state index contributed by atoms with van der Waals surface area (Å²) in [7, 11) is 0. The van der Waals surface area contributed by atoms with Crippen LogP contribution in [0.4, 0.5) is 4.39 Å². The summed E-state index contributed by atoms with van der Waals surface area (Å²) < 4.78 is 29.6. The summed E-state index contributed by atoms with van der Waals surface area (Å²) in [6, 6.07) is 0. The van der Waals surface area contributed by atoms with Gasteiger partial charge in [0, 0.05) is 19.3 Å². The zero-order valence-electron chi connectivity index (χ0n) is 12.4. The molecule has 1 aliphatic heterocycles. The second-order valence-electron chi connectivity index (χ2n) is 5.25. The van der Waals surface area contributed by atoms with Crippen molar-refractivity contribution in [2.24, 2.45) is 11.8 Å². The first-order chi connectivity index (χ1) is 9.36. The molecule has 0 bridgehead atoms. The van der Waals surface area contributed by atoms with Gasteiger partial charge in [-0.05, 0) is 12.3 Å². The maximum Gasteiger partial charge on any atom is 0.308 e. The van der Waals surface area contributed by atoms with Crippen LogP contribution in [0.15, 0.2) is 0 Å². The van der Waals surface area contributed by atoms with E-state index in [1.807, 2.05) is 6.92 Å². The van der Waals surface area contributed by atoms with Gasteiger partial charge in [0.2, 0.25) is 6.29 Å². The standard InChI is InChI=1S/C14H23FO5.CH4/c1-5-6-12(17)20-14-9(3)8(2)13(15)11(19-14)7-18-10(4)16;/h8-9,11,13-14H,5-7H2,1-4H3;1H4/t8-,9?,11?,13+,14?;/m1./s1. The summed E-state index contributed by atoms with van der Waals surface area (Å²) in [5, 5.41) is 0. The third-order valence-electron chi connectivity index (χ3n) is 3.58. The predicted molar refractivity (Wildman–Crippen MR) is 76.2 cm³/mol. The molecule has 21 heavy (non-hydrogen) atoms. The first kappa shape index (κ1) is 19.8. The summed E-state index contributed by atoms with van der Waals surface area (Å²) in [5.41, 5.74) is 0. The maximum atomic E-state index is 14.1. The molecular formula is C15H27FO5. The fraction of sp³-hybridized carbons (Fsp3) is 0.867. The summed E-state index contributed by atoms with van der Waals surface area (Å²) in [6.45, 7) is 6.47. The number of ether oxygens (including phenoxy) is 3. The van der Waals surface area contributed by atoms with Gasteiger partial charge in [0.1, 0.15) is 18.9 Å². The van der Waals surface area contributed by atoms with Crippen molar-refractivity contribution in [2.45, 2.75) is 66.5 Å². The Balaban J connectivity index is 0.00000400. The quantitative estimate of drug-likeness (QED) is 0.731. The van der Waals surface area contributed by atoms with E-state index in [0.717, 1.165) is 0 Å². The Morgan fingerprint density at radius 3 is 2.38 bits per heavy atom. The molecule has 0 aliphatic carbocycles. The number of carbonyl (C=O) groups excluding carboxylic acids is 2. The van der Waals surface area contributed by atoms with E-state index in [4.69, 9.17) is 14.2 Å². The van der Waals surface area contributed by atoms with Crippen LogP contribution in [-0.4, -0.2) is 37.1 Å². The summed E-state index contributed by atoms with van der Waals surface area (Å²) >= 11 is 0. The number of hydrogen-bond donors (Lipinski definition) is 0. The summed E-state index contributed by atoms with van der Waals surface area (Å²) in [5.74, 6) is -1.45. The Morgan fingerprint density at radius 1 is 1.24 bits per heavy atom. The molecule has 0 spiro atoms. The number of rotatable bonds is 5. The first-order valence-electron chi connectivity index (χ1n) is 6.99. The topological polar surface area (TPSA) is 61.8 Å². The maximum absolute atomic E-state index is 14.1. The van der Waals surface area contributed by atoms with Crippen LogP contribution in [0.2, 0.25) is 0 Å². The SMILES string of the molecule is C.CCCC(=O)OC1OC(COC(C)=O)[C@@H](F)[C@H](C)C1C. The summed E-state index contributed by atoms with van der Waals surface area (Å²) in [6.07, 6.45) is -1.97. The van der Waals surface area contributed by atoms with Gasteiger partial charge in [-0.2, -0.15) is 0 Å². The van der Waals surface area contributed by atoms with E-state index < -0.39 is 24.5 Å². The second-order valence-corrected chi connectivity index (χ2v) is 5.25. The largest absolute Gasteiger partial charge is 0.463 e. The highest BCUT2D eigenvalue weighted by Gasteiger charge is 2.43. The van der Waals surface area contributed by atoms with E-state index in [-0.39, 0.29) is 31.8 Å². The molecule has 1 rings (SSSR count). The first-order valence-corrected chi connectivity index (χ1v) is 6.99. The van der Waals surface area contributed by atoms with Crippen LogP contribution in [0.5, 0.6) is 0 Å². The van der Waals surface area contributed by atoms with Crippen LogP contribution in [-0.2, 0) is 23.8 Å². The van der Waals surface area contributed by atoms with Crippen molar-refractivity contribution in [1.82, 2.24) is 0 Å². The van der Waals surface area contributed by atoms with Crippen molar-refractivity contribution < 1.29 is 28.2 Å². The molecule has 1 aliphatic rings. The zero-order valence-corrected chi connectivity index (χ0v) is 12.4. The number of halogens is 1. The van der Waals surface area contributed by atoms with E-state index in [2.05, 4.69) is 0 Å². The third-order valence-corrected chi connectivity index (χ3v) is 3.58. The molecule has 0 aromatic carbocycles. The minimum absolute atomic E-state index is 0. The molecule has 6 heteroatoms. The fourth-order valence-corrected chi connectivity index (χ4v) is 2.11. The lowest BCUT2D eigenvalue weighted by Gasteiger charge is -2.40. The minimum atomic E-state index is -1.26. The Bertz CT molecular complexity index is 347. The molecule has 0 radical (unpaired) electrons. The highest BCUT2D eigenvalue weighted by atomic mass is 19.1. The van der Waals surface area contributed by atoms with Gasteiger partial charge < -0.3 is 14.2 Å². The van der Waals surface area contributed by atoms with Crippen LogP contribution in [0.25, 0.3) is 0 Å². The van der Waals surface area contributed by atoms with E-state index in [9.17, 15) is 14.0 Å². The van der Waals surface area contributed by atoms with Gasteiger partial charge in [-0.15, -0.1) is 0 Å². The van der Waals surface area contributed by atoms with Crippen molar-refractivity contribution in [3.8, 4) is 0 Å². The van der Waals surface area contributed by atoms with E-state index >= 15 is 0 Å². The third kappa shape index (κ3) is 5.61.